The Kier molecular flexibility index (Phi) is 4.36. The highest BCUT2D eigenvalue weighted by Gasteiger charge is 2.20. The maximum atomic E-state index is 11.9. The van der Waals surface area contributed by atoms with E-state index in [1.807, 2.05) is 13.8 Å². The van der Waals surface area contributed by atoms with Crippen LogP contribution in [0.2, 0.25) is 0 Å². The first kappa shape index (κ1) is 13.1. The van der Waals surface area contributed by atoms with Gasteiger partial charge in [0.1, 0.15) is 5.76 Å². The predicted molar refractivity (Wildman–Crippen MR) is 66.5 cm³/mol. The quantitative estimate of drug-likeness (QED) is 0.870. The Balaban J connectivity index is 1.81. The number of amides is 1. The number of ether oxygens (including phenoxy) is 1. The molecule has 1 aliphatic heterocycles. The molecule has 1 aromatic heterocycles. The molecule has 5 heteroatoms. The number of carbonyl (C=O) groups excluding carboxylic acids is 1. The summed E-state index contributed by atoms with van der Waals surface area (Å²) in [6.07, 6.45) is 3.38. The fourth-order valence-electron chi connectivity index (χ4n) is 2.12. The van der Waals surface area contributed by atoms with Crippen molar-refractivity contribution in [1.82, 2.24) is 10.3 Å². The minimum Gasteiger partial charge on any atom is -0.447 e. The molecule has 1 N–H and O–H groups in total. The molecule has 0 saturated carbocycles. The Morgan fingerprint density at radius 3 is 3.11 bits per heavy atom. The van der Waals surface area contributed by atoms with Crippen molar-refractivity contribution < 1.29 is 13.9 Å². The molecule has 0 radical (unpaired) electrons. The molecular weight excluding hydrogens is 232 g/mol. The van der Waals surface area contributed by atoms with E-state index in [-0.39, 0.29) is 11.8 Å². The van der Waals surface area contributed by atoms with Gasteiger partial charge < -0.3 is 14.5 Å². The maximum Gasteiger partial charge on any atom is 0.273 e. The van der Waals surface area contributed by atoms with Gasteiger partial charge in [-0.25, -0.2) is 4.98 Å². The lowest BCUT2D eigenvalue weighted by molar-refractivity contribution is 0.0943. The molecule has 0 aliphatic carbocycles. The van der Waals surface area contributed by atoms with E-state index < -0.39 is 0 Å². The summed E-state index contributed by atoms with van der Waals surface area (Å²) in [5.41, 5.74) is 0.410. The first-order valence-corrected chi connectivity index (χ1v) is 6.47. The van der Waals surface area contributed by atoms with Gasteiger partial charge in [0, 0.05) is 25.7 Å². The molecular formula is C13H20N2O3. The zero-order valence-electron chi connectivity index (χ0n) is 10.9. The minimum absolute atomic E-state index is 0.147. The summed E-state index contributed by atoms with van der Waals surface area (Å²) >= 11 is 0. The van der Waals surface area contributed by atoms with Gasteiger partial charge in [0.25, 0.3) is 5.91 Å². The SMILES string of the molecule is CC(C)c1ocnc1C(=O)NCCC1CCOC1. The molecule has 1 fully saturated rings. The van der Waals surface area contributed by atoms with E-state index in [1.54, 1.807) is 0 Å². The van der Waals surface area contributed by atoms with Gasteiger partial charge in [0.2, 0.25) is 0 Å². The molecule has 100 valence electrons. The van der Waals surface area contributed by atoms with Gasteiger partial charge in [-0.3, -0.25) is 4.79 Å². The Labute approximate surface area is 107 Å². The molecule has 1 unspecified atom stereocenters. The standard InChI is InChI=1S/C13H20N2O3/c1-9(2)12-11(15-8-18-12)13(16)14-5-3-10-4-6-17-7-10/h8-10H,3-7H2,1-2H3,(H,14,16). The third-order valence-electron chi connectivity index (χ3n) is 3.20. The molecule has 1 aromatic rings. The zero-order chi connectivity index (χ0) is 13.0. The van der Waals surface area contributed by atoms with Crippen LogP contribution in [0.1, 0.15) is 48.9 Å². The number of carbonyl (C=O) groups is 1. The van der Waals surface area contributed by atoms with E-state index in [0.717, 1.165) is 26.1 Å². The van der Waals surface area contributed by atoms with E-state index in [2.05, 4.69) is 10.3 Å². The zero-order valence-corrected chi connectivity index (χ0v) is 10.9. The van der Waals surface area contributed by atoms with Crippen molar-refractivity contribution in [2.24, 2.45) is 5.92 Å². The molecule has 1 saturated heterocycles. The second kappa shape index (κ2) is 6.00. The van der Waals surface area contributed by atoms with Crippen LogP contribution >= 0.6 is 0 Å². The van der Waals surface area contributed by atoms with Gasteiger partial charge in [-0.05, 0) is 18.8 Å². The molecule has 0 bridgehead atoms. The number of rotatable bonds is 5. The number of aromatic nitrogens is 1. The van der Waals surface area contributed by atoms with E-state index in [0.29, 0.717) is 23.9 Å². The topological polar surface area (TPSA) is 64.4 Å². The van der Waals surface area contributed by atoms with Gasteiger partial charge in [-0.15, -0.1) is 0 Å². The normalized spacial score (nSPS) is 19.4. The van der Waals surface area contributed by atoms with Crippen molar-refractivity contribution in [3.8, 4) is 0 Å². The number of oxazole rings is 1. The number of hydrogen-bond acceptors (Lipinski definition) is 4. The van der Waals surface area contributed by atoms with Crippen LogP contribution in [-0.2, 0) is 4.74 Å². The third-order valence-corrected chi connectivity index (χ3v) is 3.20. The summed E-state index contributed by atoms with van der Waals surface area (Å²) in [5, 5.41) is 2.89. The lowest BCUT2D eigenvalue weighted by Crippen LogP contribution is -2.27. The summed E-state index contributed by atoms with van der Waals surface area (Å²) in [7, 11) is 0. The summed E-state index contributed by atoms with van der Waals surface area (Å²) in [5.74, 6) is 1.24. The fourth-order valence-corrected chi connectivity index (χ4v) is 2.12. The van der Waals surface area contributed by atoms with Gasteiger partial charge in [-0.2, -0.15) is 0 Å². The molecule has 1 aliphatic rings. The summed E-state index contributed by atoms with van der Waals surface area (Å²) in [6, 6.07) is 0. The minimum atomic E-state index is -0.147. The molecule has 5 nitrogen and oxygen atoms in total. The number of nitrogens with one attached hydrogen (secondary N) is 1. The van der Waals surface area contributed by atoms with Crippen molar-refractivity contribution in [1.29, 1.82) is 0 Å². The first-order valence-electron chi connectivity index (χ1n) is 6.47. The molecule has 18 heavy (non-hydrogen) atoms. The van der Waals surface area contributed by atoms with Crippen molar-refractivity contribution in [2.75, 3.05) is 19.8 Å². The van der Waals surface area contributed by atoms with Crippen molar-refractivity contribution in [3.05, 3.63) is 17.8 Å². The van der Waals surface area contributed by atoms with E-state index in [4.69, 9.17) is 9.15 Å². The number of hydrogen-bond donors (Lipinski definition) is 1. The Morgan fingerprint density at radius 1 is 1.61 bits per heavy atom. The van der Waals surface area contributed by atoms with Crippen molar-refractivity contribution >= 4 is 5.91 Å². The van der Waals surface area contributed by atoms with Crippen LogP contribution < -0.4 is 5.32 Å². The van der Waals surface area contributed by atoms with E-state index >= 15 is 0 Å². The fraction of sp³-hybridized carbons (Fsp3) is 0.692. The summed E-state index contributed by atoms with van der Waals surface area (Å²) in [4.78, 5) is 15.9. The van der Waals surface area contributed by atoms with Gasteiger partial charge in [0.15, 0.2) is 12.1 Å². The monoisotopic (exact) mass is 252 g/mol. The second-order valence-corrected chi connectivity index (χ2v) is 4.99. The predicted octanol–water partition coefficient (Wildman–Crippen LogP) is 1.95. The molecule has 0 spiro atoms. The Morgan fingerprint density at radius 2 is 2.44 bits per heavy atom. The lowest BCUT2D eigenvalue weighted by atomic mass is 10.1. The van der Waals surface area contributed by atoms with Crippen LogP contribution in [0.15, 0.2) is 10.8 Å². The molecule has 2 heterocycles. The highest BCUT2D eigenvalue weighted by molar-refractivity contribution is 5.93. The Hall–Kier alpha value is -1.36. The third kappa shape index (κ3) is 3.10. The number of nitrogens with zero attached hydrogens (tertiary/aromatic N) is 1. The van der Waals surface area contributed by atoms with E-state index in [1.165, 1.54) is 6.39 Å². The maximum absolute atomic E-state index is 11.9. The van der Waals surface area contributed by atoms with Gasteiger partial charge >= 0.3 is 0 Å². The molecule has 2 rings (SSSR count). The molecule has 1 amide bonds. The molecule has 0 aromatic carbocycles. The first-order chi connectivity index (χ1) is 8.68. The highest BCUT2D eigenvalue weighted by atomic mass is 16.5. The van der Waals surface area contributed by atoms with Crippen LogP contribution in [0.25, 0.3) is 0 Å². The highest BCUT2D eigenvalue weighted by Crippen LogP contribution is 2.18. The second-order valence-electron chi connectivity index (χ2n) is 4.99. The summed E-state index contributed by atoms with van der Waals surface area (Å²) < 4.78 is 10.5. The van der Waals surface area contributed by atoms with E-state index in [9.17, 15) is 4.79 Å². The molecule has 1 atom stereocenters. The van der Waals surface area contributed by atoms with Crippen molar-refractivity contribution in [2.45, 2.75) is 32.6 Å². The average molecular weight is 252 g/mol. The van der Waals surface area contributed by atoms with Gasteiger partial charge in [0.05, 0.1) is 0 Å². The van der Waals surface area contributed by atoms with Crippen LogP contribution in [0, 0.1) is 5.92 Å². The van der Waals surface area contributed by atoms with Crippen LogP contribution in [0.3, 0.4) is 0 Å². The summed E-state index contributed by atoms with van der Waals surface area (Å²) in [6.45, 7) is 6.29. The van der Waals surface area contributed by atoms with Gasteiger partial charge in [-0.1, -0.05) is 13.8 Å². The average Bonchev–Trinajstić information content (AvgIpc) is 2.99. The smallest absolute Gasteiger partial charge is 0.273 e. The Bertz CT molecular complexity index is 395. The lowest BCUT2D eigenvalue weighted by Gasteiger charge is -2.08. The largest absolute Gasteiger partial charge is 0.447 e. The van der Waals surface area contributed by atoms with Crippen molar-refractivity contribution in [3.63, 3.8) is 0 Å². The van der Waals surface area contributed by atoms with Crippen LogP contribution in [0.4, 0.5) is 0 Å². The van der Waals surface area contributed by atoms with Crippen LogP contribution in [-0.4, -0.2) is 30.6 Å². The van der Waals surface area contributed by atoms with Crippen LogP contribution in [0.5, 0.6) is 0 Å².